The van der Waals surface area contributed by atoms with Crippen LogP contribution < -0.4 is 20.7 Å². The summed E-state index contributed by atoms with van der Waals surface area (Å²) in [4.78, 5) is 52.4. The van der Waals surface area contributed by atoms with E-state index < -0.39 is 29.4 Å². The van der Waals surface area contributed by atoms with Gasteiger partial charge in [-0.3, -0.25) is 19.7 Å². The highest BCUT2D eigenvalue weighted by atomic mass is 16.5. The Kier molecular flexibility index (Phi) is 5.64. The van der Waals surface area contributed by atoms with Crippen LogP contribution in [-0.4, -0.2) is 60.1 Å². The molecule has 5 amide bonds. The molecule has 11 nitrogen and oxygen atoms in total. The number of benzene rings is 2. The molecule has 0 radical (unpaired) electrons. The predicted octanol–water partition coefficient (Wildman–Crippen LogP) is 1.24. The van der Waals surface area contributed by atoms with Crippen LogP contribution in [0.1, 0.15) is 39.0 Å². The molecule has 2 atom stereocenters. The summed E-state index contributed by atoms with van der Waals surface area (Å²) in [6, 6.07) is 10.4. The van der Waals surface area contributed by atoms with E-state index in [1.165, 1.54) is 18.1 Å². The minimum absolute atomic E-state index is 0.128. The van der Waals surface area contributed by atoms with Crippen molar-refractivity contribution in [2.45, 2.75) is 25.0 Å². The fraction of sp³-hybridized carbons (Fsp3) is 0.280. The molecular weight excluding hydrogens is 468 g/mol. The second-order valence-electron chi connectivity index (χ2n) is 8.92. The van der Waals surface area contributed by atoms with Gasteiger partial charge in [0.2, 0.25) is 0 Å². The summed E-state index contributed by atoms with van der Waals surface area (Å²) in [6.07, 6.45) is 0. The average Bonchev–Trinajstić information content (AvgIpc) is 3.52. The molecule has 2 aromatic carbocycles. The highest BCUT2D eigenvalue weighted by molar-refractivity contribution is 6.08. The lowest BCUT2D eigenvalue weighted by molar-refractivity contribution is -0.125. The SMILES string of the molecule is COc1ccc2c(c1)C(=O)N(CC1(c3cc4ccc(C(=O)NC(C)CO)cc4o3)NC(=O)NC1=O)C2. The van der Waals surface area contributed by atoms with Gasteiger partial charge in [0.05, 0.1) is 20.3 Å². The van der Waals surface area contributed by atoms with E-state index in [2.05, 4.69) is 16.0 Å². The van der Waals surface area contributed by atoms with Crippen molar-refractivity contribution in [2.24, 2.45) is 0 Å². The van der Waals surface area contributed by atoms with Crippen molar-refractivity contribution in [1.82, 2.24) is 20.9 Å². The van der Waals surface area contributed by atoms with Gasteiger partial charge in [-0.25, -0.2) is 4.79 Å². The molecule has 2 aliphatic heterocycles. The number of ether oxygens (including phenoxy) is 1. The Hall–Kier alpha value is -4.38. The van der Waals surface area contributed by atoms with E-state index in [0.717, 1.165) is 5.56 Å². The van der Waals surface area contributed by atoms with E-state index in [9.17, 15) is 24.3 Å². The average molecular weight is 492 g/mol. The number of urea groups is 1. The van der Waals surface area contributed by atoms with Crippen LogP contribution in [0.5, 0.6) is 5.75 Å². The number of furan rings is 1. The number of carbonyl (C=O) groups excluding carboxylic acids is 4. The Labute approximate surface area is 205 Å². The van der Waals surface area contributed by atoms with Crippen LogP contribution in [0.25, 0.3) is 11.0 Å². The normalized spacial score (nSPS) is 19.8. The number of carbonyl (C=O) groups is 4. The van der Waals surface area contributed by atoms with Crippen LogP contribution in [0.4, 0.5) is 4.79 Å². The topological polar surface area (TPSA) is 150 Å². The molecule has 0 aliphatic carbocycles. The fourth-order valence-electron chi connectivity index (χ4n) is 4.47. The minimum atomic E-state index is -1.66. The minimum Gasteiger partial charge on any atom is -0.497 e. The van der Waals surface area contributed by atoms with Gasteiger partial charge in [-0.05, 0) is 42.8 Å². The molecule has 3 aromatic rings. The Morgan fingerprint density at radius 2 is 2.03 bits per heavy atom. The monoisotopic (exact) mass is 492 g/mol. The van der Waals surface area contributed by atoms with Gasteiger partial charge in [-0.1, -0.05) is 12.1 Å². The molecule has 1 aromatic heterocycles. The third kappa shape index (κ3) is 3.83. The van der Waals surface area contributed by atoms with E-state index in [0.29, 0.717) is 27.8 Å². The number of rotatable bonds is 7. The van der Waals surface area contributed by atoms with Gasteiger partial charge in [0.15, 0.2) is 5.54 Å². The number of amides is 5. The number of hydrogen-bond donors (Lipinski definition) is 4. The first-order valence-corrected chi connectivity index (χ1v) is 11.3. The van der Waals surface area contributed by atoms with Gasteiger partial charge in [0.25, 0.3) is 17.7 Å². The third-order valence-corrected chi connectivity index (χ3v) is 6.42. The molecule has 4 N–H and O–H groups in total. The number of imide groups is 1. The number of fused-ring (bicyclic) bond motifs is 2. The van der Waals surface area contributed by atoms with Gasteiger partial charge in [0.1, 0.15) is 17.1 Å². The number of hydrogen-bond acceptors (Lipinski definition) is 7. The lowest BCUT2D eigenvalue weighted by Gasteiger charge is -2.29. The first kappa shape index (κ1) is 23.4. The van der Waals surface area contributed by atoms with Crippen LogP contribution in [0.2, 0.25) is 0 Å². The molecule has 0 spiro atoms. The van der Waals surface area contributed by atoms with Crippen LogP contribution in [0.3, 0.4) is 0 Å². The Balaban J connectivity index is 1.49. The summed E-state index contributed by atoms with van der Waals surface area (Å²) in [5.74, 6) is -0.679. The summed E-state index contributed by atoms with van der Waals surface area (Å²) >= 11 is 0. The van der Waals surface area contributed by atoms with Gasteiger partial charge in [0, 0.05) is 29.1 Å². The molecule has 1 fully saturated rings. The standard InChI is InChI=1S/C25H24N4O7/c1-13(11-30)26-21(31)15-4-3-14-8-20(36-19(14)7-15)25(23(33)27-24(34)28-25)12-29-10-16-5-6-17(35-2)9-18(16)22(29)32/h3-9,13,30H,10-12H2,1-2H3,(H,26,31)(H2,27,28,33,34). The molecule has 0 bridgehead atoms. The lowest BCUT2D eigenvalue weighted by Crippen LogP contribution is -2.52. The van der Waals surface area contributed by atoms with Crippen molar-refractivity contribution in [1.29, 1.82) is 0 Å². The summed E-state index contributed by atoms with van der Waals surface area (Å²) in [7, 11) is 1.51. The van der Waals surface area contributed by atoms with E-state index in [1.807, 2.05) is 0 Å². The predicted molar refractivity (Wildman–Crippen MR) is 126 cm³/mol. The largest absolute Gasteiger partial charge is 0.497 e. The molecule has 36 heavy (non-hydrogen) atoms. The van der Waals surface area contributed by atoms with E-state index in [-0.39, 0.29) is 31.4 Å². The maximum absolute atomic E-state index is 13.2. The summed E-state index contributed by atoms with van der Waals surface area (Å²) in [5.41, 5.74) is 0.205. The number of nitrogens with one attached hydrogen (secondary N) is 3. The van der Waals surface area contributed by atoms with E-state index >= 15 is 0 Å². The summed E-state index contributed by atoms with van der Waals surface area (Å²) in [5, 5.41) is 17.3. The molecule has 186 valence electrons. The third-order valence-electron chi connectivity index (χ3n) is 6.42. The second-order valence-corrected chi connectivity index (χ2v) is 8.92. The van der Waals surface area contributed by atoms with Crippen LogP contribution in [0, 0.1) is 0 Å². The Morgan fingerprint density at radius 3 is 2.72 bits per heavy atom. The molecule has 3 heterocycles. The quantitative estimate of drug-likeness (QED) is 0.363. The van der Waals surface area contributed by atoms with Gasteiger partial charge in [-0.2, -0.15) is 0 Å². The maximum atomic E-state index is 13.2. The molecular formula is C25H24N4O7. The number of aliphatic hydroxyl groups excluding tert-OH is 1. The summed E-state index contributed by atoms with van der Waals surface area (Å²) in [6.45, 7) is 1.54. The summed E-state index contributed by atoms with van der Waals surface area (Å²) < 4.78 is 11.2. The van der Waals surface area contributed by atoms with Crippen LogP contribution in [-0.2, 0) is 16.9 Å². The molecule has 11 heteroatoms. The molecule has 1 saturated heterocycles. The van der Waals surface area contributed by atoms with Crippen molar-refractivity contribution < 1.29 is 33.4 Å². The first-order chi connectivity index (χ1) is 17.2. The Morgan fingerprint density at radius 1 is 1.22 bits per heavy atom. The molecule has 0 saturated carbocycles. The van der Waals surface area contributed by atoms with E-state index in [4.69, 9.17) is 9.15 Å². The number of aliphatic hydroxyl groups is 1. The zero-order valence-corrected chi connectivity index (χ0v) is 19.6. The fourth-order valence-corrected chi connectivity index (χ4v) is 4.47. The van der Waals surface area contributed by atoms with Crippen molar-refractivity contribution in [2.75, 3.05) is 20.3 Å². The maximum Gasteiger partial charge on any atom is 0.322 e. The molecule has 2 unspecified atom stereocenters. The zero-order chi connectivity index (χ0) is 25.6. The second kappa shape index (κ2) is 8.68. The van der Waals surface area contributed by atoms with Gasteiger partial charge in [-0.15, -0.1) is 0 Å². The highest BCUT2D eigenvalue weighted by Gasteiger charge is 2.53. The van der Waals surface area contributed by atoms with Crippen molar-refractivity contribution in [3.05, 3.63) is 64.9 Å². The lowest BCUT2D eigenvalue weighted by atomic mass is 9.95. The van der Waals surface area contributed by atoms with Crippen molar-refractivity contribution in [3.63, 3.8) is 0 Å². The smallest absolute Gasteiger partial charge is 0.322 e. The number of methoxy groups -OCH3 is 1. The molecule has 5 rings (SSSR count). The molecule has 2 aliphatic rings. The zero-order valence-electron chi connectivity index (χ0n) is 19.6. The van der Waals surface area contributed by atoms with Crippen LogP contribution in [0.15, 0.2) is 46.9 Å². The highest BCUT2D eigenvalue weighted by Crippen LogP contribution is 2.35. The van der Waals surface area contributed by atoms with Crippen molar-refractivity contribution >= 4 is 34.7 Å². The Bertz CT molecular complexity index is 1410. The van der Waals surface area contributed by atoms with Gasteiger partial charge < -0.3 is 29.8 Å². The van der Waals surface area contributed by atoms with Gasteiger partial charge >= 0.3 is 6.03 Å². The van der Waals surface area contributed by atoms with Crippen LogP contribution >= 0.6 is 0 Å². The number of nitrogens with zero attached hydrogens (tertiary/aromatic N) is 1. The van der Waals surface area contributed by atoms with E-state index in [1.54, 1.807) is 43.3 Å². The van der Waals surface area contributed by atoms with Crippen molar-refractivity contribution in [3.8, 4) is 5.75 Å². The first-order valence-electron chi connectivity index (χ1n) is 11.3.